The van der Waals surface area contributed by atoms with Crippen LogP contribution in [-0.4, -0.2) is 27.1 Å². The van der Waals surface area contributed by atoms with Gasteiger partial charge in [-0.1, -0.05) is 11.6 Å². The van der Waals surface area contributed by atoms with E-state index in [2.05, 4.69) is 0 Å². The highest BCUT2D eigenvalue weighted by atomic mass is 16.5. The average molecular weight is 286 g/mol. The molecule has 0 aliphatic heterocycles. The zero-order chi connectivity index (χ0) is 15.4. The first-order chi connectivity index (χ1) is 10.1. The van der Waals surface area contributed by atoms with Gasteiger partial charge in [0.05, 0.1) is 32.5 Å². The van der Waals surface area contributed by atoms with Crippen LogP contribution < -0.4 is 14.2 Å². The van der Waals surface area contributed by atoms with Crippen LogP contribution in [0.5, 0.6) is 17.2 Å². The lowest BCUT2D eigenvalue weighted by molar-refractivity contribution is 0.103. The molecule has 4 heteroatoms. The van der Waals surface area contributed by atoms with Crippen molar-refractivity contribution in [3.8, 4) is 17.2 Å². The van der Waals surface area contributed by atoms with Gasteiger partial charge in [-0.25, -0.2) is 0 Å². The number of ketones is 1. The molecule has 0 atom stereocenters. The van der Waals surface area contributed by atoms with Gasteiger partial charge in [0.25, 0.3) is 0 Å². The fourth-order valence-corrected chi connectivity index (χ4v) is 2.14. The van der Waals surface area contributed by atoms with Crippen molar-refractivity contribution in [1.29, 1.82) is 0 Å². The minimum atomic E-state index is -0.161. The zero-order valence-corrected chi connectivity index (χ0v) is 12.6. The number of hydrogen-bond donors (Lipinski definition) is 0. The van der Waals surface area contributed by atoms with Crippen molar-refractivity contribution in [3.63, 3.8) is 0 Å². The summed E-state index contributed by atoms with van der Waals surface area (Å²) in [5.74, 6) is 1.48. The lowest BCUT2D eigenvalue weighted by Gasteiger charge is -2.12. The lowest BCUT2D eigenvalue weighted by Crippen LogP contribution is -2.07. The number of aryl methyl sites for hydroxylation is 1. The highest BCUT2D eigenvalue weighted by molar-refractivity contribution is 6.12. The van der Waals surface area contributed by atoms with E-state index in [1.165, 1.54) is 7.11 Å². The molecule has 0 heterocycles. The van der Waals surface area contributed by atoms with E-state index >= 15 is 0 Å². The SMILES string of the molecule is COc1ccc(OC)c(C(=O)c2cc(C)ccc2OC)c1. The monoisotopic (exact) mass is 286 g/mol. The Morgan fingerprint density at radius 2 is 1.38 bits per heavy atom. The van der Waals surface area contributed by atoms with Gasteiger partial charge in [0.15, 0.2) is 0 Å². The van der Waals surface area contributed by atoms with Gasteiger partial charge in [-0.2, -0.15) is 0 Å². The second kappa shape index (κ2) is 6.31. The number of ether oxygens (including phenoxy) is 3. The first-order valence-corrected chi connectivity index (χ1v) is 6.52. The fourth-order valence-electron chi connectivity index (χ4n) is 2.14. The minimum Gasteiger partial charge on any atom is -0.497 e. The highest BCUT2D eigenvalue weighted by Gasteiger charge is 2.19. The number of carbonyl (C=O) groups is 1. The molecule has 0 aliphatic carbocycles. The molecule has 0 N–H and O–H groups in total. The second-order valence-electron chi connectivity index (χ2n) is 4.60. The van der Waals surface area contributed by atoms with Crippen molar-refractivity contribution in [1.82, 2.24) is 0 Å². The van der Waals surface area contributed by atoms with Crippen LogP contribution in [0.4, 0.5) is 0 Å². The van der Waals surface area contributed by atoms with Crippen LogP contribution in [-0.2, 0) is 0 Å². The van der Waals surface area contributed by atoms with Crippen LogP contribution in [0.15, 0.2) is 36.4 Å². The third kappa shape index (κ3) is 2.99. The molecule has 2 aromatic carbocycles. The largest absolute Gasteiger partial charge is 0.497 e. The van der Waals surface area contributed by atoms with Crippen LogP contribution in [0.25, 0.3) is 0 Å². The third-order valence-electron chi connectivity index (χ3n) is 3.25. The molecule has 21 heavy (non-hydrogen) atoms. The Balaban J connectivity index is 2.56. The van der Waals surface area contributed by atoms with E-state index in [-0.39, 0.29) is 5.78 Å². The van der Waals surface area contributed by atoms with Gasteiger partial charge in [0.1, 0.15) is 17.2 Å². The second-order valence-corrected chi connectivity index (χ2v) is 4.60. The fraction of sp³-hybridized carbons (Fsp3) is 0.235. The molecule has 110 valence electrons. The lowest BCUT2D eigenvalue weighted by atomic mass is 9.99. The number of carbonyl (C=O) groups excluding carboxylic acids is 1. The Kier molecular flexibility index (Phi) is 4.48. The molecular weight excluding hydrogens is 268 g/mol. The van der Waals surface area contributed by atoms with Crippen molar-refractivity contribution in [2.75, 3.05) is 21.3 Å². The normalized spacial score (nSPS) is 10.1. The third-order valence-corrected chi connectivity index (χ3v) is 3.25. The standard InChI is InChI=1S/C17H18O4/c1-11-5-7-15(20-3)13(9-11)17(18)14-10-12(19-2)6-8-16(14)21-4/h5-10H,1-4H3. The Hall–Kier alpha value is -2.49. The predicted octanol–water partition coefficient (Wildman–Crippen LogP) is 3.25. The zero-order valence-electron chi connectivity index (χ0n) is 12.6. The van der Waals surface area contributed by atoms with Crippen LogP contribution in [0, 0.1) is 6.92 Å². The van der Waals surface area contributed by atoms with Crippen molar-refractivity contribution < 1.29 is 19.0 Å². The number of benzene rings is 2. The molecule has 4 nitrogen and oxygen atoms in total. The quantitative estimate of drug-likeness (QED) is 0.791. The molecule has 0 unspecified atom stereocenters. The molecule has 2 aromatic rings. The molecular formula is C17H18O4. The summed E-state index contributed by atoms with van der Waals surface area (Å²) in [6.07, 6.45) is 0. The van der Waals surface area contributed by atoms with Gasteiger partial charge in [0, 0.05) is 0 Å². The van der Waals surface area contributed by atoms with E-state index in [0.717, 1.165) is 5.56 Å². The molecule has 0 saturated carbocycles. The van der Waals surface area contributed by atoms with Crippen molar-refractivity contribution in [3.05, 3.63) is 53.1 Å². The summed E-state index contributed by atoms with van der Waals surface area (Å²) in [5, 5.41) is 0. The summed E-state index contributed by atoms with van der Waals surface area (Å²) in [4.78, 5) is 12.8. The van der Waals surface area contributed by atoms with Crippen LogP contribution >= 0.6 is 0 Å². The number of hydrogen-bond acceptors (Lipinski definition) is 4. The first-order valence-electron chi connectivity index (χ1n) is 6.52. The molecule has 2 rings (SSSR count). The predicted molar refractivity (Wildman–Crippen MR) is 80.7 cm³/mol. The Labute approximate surface area is 124 Å². The van der Waals surface area contributed by atoms with Crippen molar-refractivity contribution >= 4 is 5.78 Å². The summed E-state index contributed by atoms with van der Waals surface area (Å²) < 4.78 is 15.7. The van der Waals surface area contributed by atoms with Gasteiger partial charge in [-0.3, -0.25) is 4.79 Å². The van der Waals surface area contributed by atoms with E-state index in [9.17, 15) is 4.79 Å². The summed E-state index contributed by atoms with van der Waals surface area (Å²) in [6.45, 7) is 1.93. The molecule has 0 aliphatic rings. The Morgan fingerprint density at radius 1 is 0.810 bits per heavy atom. The van der Waals surface area contributed by atoms with E-state index in [1.54, 1.807) is 44.6 Å². The molecule has 0 bridgehead atoms. The van der Waals surface area contributed by atoms with E-state index in [0.29, 0.717) is 28.4 Å². The molecule has 0 spiro atoms. The van der Waals surface area contributed by atoms with Crippen LogP contribution in [0.3, 0.4) is 0 Å². The molecule has 0 amide bonds. The summed E-state index contributed by atoms with van der Waals surface area (Å²) in [6, 6.07) is 10.6. The van der Waals surface area contributed by atoms with Crippen LogP contribution in [0.2, 0.25) is 0 Å². The summed E-state index contributed by atoms with van der Waals surface area (Å²) >= 11 is 0. The Morgan fingerprint density at radius 3 is 1.95 bits per heavy atom. The highest BCUT2D eigenvalue weighted by Crippen LogP contribution is 2.30. The molecule has 0 saturated heterocycles. The van der Waals surface area contributed by atoms with Gasteiger partial charge >= 0.3 is 0 Å². The smallest absolute Gasteiger partial charge is 0.200 e. The summed E-state index contributed by atoms with van der Waals surface area (Å²) in [7, 11) is 4.64. The number of methoxy groups -OCH3 is 3. The van der Waals surface area contributed by atoms with E-state index < -0.39 is 0 Å². The van der Waals surface area contributed by atoms with Crippen molar-refractivity contribution in [2.45, 2.75) is 6.92 Å². The Bertz CT molecular complexity index is 662. The van der Waals surface area contributed by atoms with Crippen LogP contribution in [0.1, 0.15) is 21.5 Å². The van der Waals surface area contributed by atoms with Crippen molar-refractivity contribution in [2.24, 2.45) is 0 Å². The van der Waals surface area contributed by atoms with Gasteiger partial charge < -0.3 is 14.2 Å². The summed E-state index contributed by atoms with van der Waals surface area (Å²) in [5.41, 5.74) is 1.94. The average Bonchev–Trinajstić information content (AvgIpc) is 2.53. The van der Waals surface area contributed by atoms with E-state index in [4.69, 9.17) is 14.2 Å². The molecule has 0 fully saturated rings. The minimum absolute atomic E-state index is 0.161. The van der Waals surface area contributed by atoms with Gasteiger partial charge in [-0.15, -0.1) is 0 Å². The number of rotatable bonds is 5. The maximum absolute atomic E-state index is 12.8. The maximum atomic E-state index is 12.8. The molecule has 0 radical (unpaired) electrons. The molecule has 0 aromatic heterocycles. The van der Waals surface area contributed by atoms with E-state index in [1.807, 2.05) is 13.0 Å². The maximum Gasteiger partial charge on any atom is 0.200 e. The first kappa shape index (κ1) is 14.9. The topological polar surface area (TPSA) is 44.8 Å². The van der Waals surface area contributed by atoms with Gasteiger partial charge in [0.2, 0.25) is 5.78 Å². The van der Waals surface area contributed by atoms with Gasteiger partial charge in [-0.05, 0) is 37.3 Å².